The molecule has 0 unspecified atom stereocenters. The lowest BCUT2D eigenvalue weighted by Crippen LogP contribution is -2.36. The second kappa shape index (κ2) is 8.10. The predicted octanol–water partition coefficient (Wildman–Crippen LogP) is -0.809. The number of hydrogen-bond donors (Lipinski definition) is 1. The molecular weight excluding hydrogens is 190 g/mol. The third-order valence-electron chi connectivity index (χ3n) is 1.60. The van der Waals surface area contributed by atoms with Crippen LogP contribution in [0.1, 0.15) is 0 Å². The number of ether oxygens (including phenoxy) is 4. The second-order valence-corrected chi connectivity index (χ2v) is 2.83. The molecule has 6 heteroatoms. The summed E-state index contributed by atoms with van der Waals surface area (Å²) < 4.78 is 20.4. The van der Waals surface area contributed by atoms with Crippen molar-refractivity contribution < 1.29 is 24.1 Å². The Bertz CT molecular complexity index is 129. The molecule has 6 nitrogen and oxygen atoms in total. The van der Waals surface area contributed by atoms with Crippen molar-refractivity contribution in [3.63, 3.8) is 0 Å². The highest BCUT2D eigenvalue weighted by Gasteiger charge is 2.09. The molecule has 1 aliphatic rings. The van der Waals surface area contributed by atoms with Crippen LogP contribution in [-0.4, -0.2) is 63.4 Å². The molecule has 1 heterocycles. The Morgan fingerprint density at radius 3 is 2.50 bits per heavy atom. The SMILES string of the molecule is OCCOCCOCN1COCOC1. The lowest BCUT2D eigenvalue weighted by atomic mass is 10.7. The summed E-state index contributed by atoms with van der Waals surface area (Å²) in [6.07, 6.45) is 0. The summed E-state index contributed by atoms with van der Waals surface area (Å²) in [6, 6.07) is 0. The predicted molar refractivity (Wildman–Crippen MR) is 47.3 cm³/mol. The van der Waals surface area contributed by atoms with E-state index < -0.39 is 0 Å². The Balaban J connectivity index is 1.82. The van der Waals surface area contributed by atoms with Crippen molar-refractivity contribution in [2.45, 2.75) is 0 Å². The van der Waals surface area contributed by atoms with Crippen LogP contribution >= 0.6 is 0 Å². The summed E-state index contributed by atoms with van der Waals surface area (Å²) in [5.41, 5.74) is 0. The molecule has 0 aromatic carbocycles. The van der Waals surface area contributed by atoms with E-state index in [1.807, 2.05) is 4.90 Å². The molecule has 0 bridgehead atoms. The molecule has 84 valence electrons. The fraction of sp³-hybridized carbons (Fsp3) is 1.00. The Morgan fingerprint density at radius 1 is 1.07 bits per heavy atom. The molecule has 0 atom stereocenters. The van der Waals surface area contributed by atoms with Gasteiger partial charge in [0, 0.05) is 0 Å². The zero-order chi connectivity index (χ0) is 10.1. The van der Waals surface area contributed by atoms with E-state index in [2.05, 4.69) is 0 Å². The van der Waals surface area contributed by atoms with Gasteiger partial charge in [-0.1, -0.05) is 0 Å². The first kappa shape index (κ1) is 11.8. The number of hydrogen-bond acceptors (Lipinski definition) is 6. The van der Waals surface area contributed by atoms with Gasteiger partial charge in [0.05, 0.1) is 26.4 Å². The first-order chi connectivity index (χ1) is 6.93. The van der Waals surface area contributed by atoms with Crippen molar-refractivity contribution in [1.82, 2.24) is 4.90 Å². The molecule has 0 aromatic rings. The molecule has 0 aliphatic carbocycles. The van der Waals surface area contributed by atoms with E-state index in [-0.39, 0.29) is 6.61 Å². The average molecular weight is 207 g/mol. The highest BCUT2D eigenvalue weighted by molar-refractivity contribution is 4.41. The van der Waals surface area contributed by atoms with Gasteiger partial charge in [-0.2, -0.15) is 0 Å². The zero-order valence-corrected chi connectivity index (χ0v) is 8.18. The van der Waals surface area contributed by atoms with E-state index in [0.717, 1.165) is 0 Å². The maximum absolute atomic E-state index is 8.42. The first-order valence-corrected chi connectivity index (χ1v) is 4.57. The molecule has 1 fully saturated rings. The van der Waals surface area contributed by atoms with Gasteiger partial charge in [-0.25, -0.2) is 4.90 Å². The Labute approximate surface area is 83.3 Å². The molecule has 1 saturated heterocycles. The number of nitrogens with zero attached hydrogens (tertiary/aromatic N) is 1. The van der Waals surface area contributed by atoms with E-state index in [1.54, 1.807) is 0 Å². The minimum atomic E-state index is 0.0494. The second-order valence-electron chi connectivity index (χ2n) is 2.83. The molecule has 0 aromatic heterocycles. The number of rotatable bonds is 7. The molecule has 1 N–H and O–H groups in total. The van der Waals surface area contributed by atoms with Crippen molar-refractivity contribution >= 4 is 0 Å². The standard InChI is InChI=1S/C8H17NO5/c10-1-2-11-3-4-12-5-9-6-13-8-14-7-9/h10H,1-8H2. The van der Waals surface area contributed by atoms with Crippen LogP contribution < -0.4 is 0 Å². The summed E-state index contributed by atoms with van der Waals surface area (Å²) in [7, 11) is 0. The quantitative estimate of drug-likeness (QED) is 0.551. The summed E-state index contributed by atoms with van der Waals surface area (Å²) in [6.45, 7) is 3.33. The van der Waals surface area contributed by atoms with Crippen molar-refractivity contribution in [1.29, 1.82) is 0 Å². The summed E-state index contributed by atoms with van der Waals surface area (Å²) in [5.74, 6) is 0. The topological polar surface area (TPSA) is 60.4 Å². The van der Waals surface area contributed by atoms with Crippen LogP contribution in [0.5, 0.6) is 0 Å². The maximum Gasteiger partial charge on any atom is 0.150 e. The first-order valence-electron chi connectivity index (χ1n) is 4.57. The lowest BCUT2D eigenvalue weighted by molar-refractivity contribution is -0.206. The molecule has 14 heavy (non-hydrogen) atoms. The van der Waals surface area contributed by atoms with Crippen LogP contribution in [0.2, 0.25) is 0 Å². The monoisotopic (exact) mass is 207 g/mol. The van der Waals surface area contributed by atoms with Gasteiger partial charge in [0.1, 0.15) is 27.0 Å². The fourth-order valence-electron chi connectivity index (χ4n) is 0.982. The number of aliphatic hydroxyl groups excluding tert-OH is 1. The Morgan fingerprint density at radius 2 is 1.79 bits per heavy atom. The lowest BCUT2D eigenvalue weighted by Gasteiger charge is -2.25. The highest BCUT2D eigenvalue weighted by atomic mass is 16.7. The van der Waals surface area contributed by atoms with Gasteiger partial charge in [-0.15, -0.1) is 0 Å². The highest BCUT2D eigenvalue weighted by Crippen LogP contribution is 1.97. The van der Waals surface area contributed by atoms with Gasteiger partial charge in [0.25, 0.3) is 0 Å². The van der Waals surface area contributed by atoms with Crippen LogP contribution in [-0.2, 0) is 18.9 Å². The fourth-order valence-corrected chi connectivity index (χ4v) is 0.982. The average Bonchev–Trinajstić information content (AvgIpc) is 2.25. The van der Waals surface area contributed by atoms with Gasteiger partial charge >= 0.3 is 0 Å². The number of aliphatic hydroxyl groups is 1. The van der Waals surface area contributed by atoms with Gasteiger partial charge in [0.2, 0.25) is 0 Å². The minimum absolute atomic E-state index is 0.0494. The Kier molecular flexibility index (Phi) is 6.85. The van der Waals surface area contributed by atoms with Crippen molar-refractivity contribution in [3.05, 3.63) is 0 Å². The van der Waals surface area contributed by atoms with Crippen molar-refractivity contribution in [2.24, 2.45) is 0 Å². The minimum Gasteiger partial charge on any atom is -0.394 e. The summed E-state index contributed by atoms with van der Waals surface area (Å²) in [4.78, 5) is 1.88. The van der Waals surface area contributed by atoms with Crippen LogP contribution in [0.25, 0.3) is 0 Å². The van der Waals surface area contributed by atoms with E-state index >= 15 is 0 Å². The molecular formula is C8H17NO5. The Hall–Kier alpha value is -0.240. The van der Waals surface area contributed by atoms with Gasteiger partial charge in [-0.05, 0) is 0 Å². The van der Waals surface area contributed by atoms with Crippen molar-refractivity contribution in [2.75, 3.05) is 53.4 Å². The summed E-state index contributed by atoms with van der Waals surface area (Å²) in [5, 5.41) is 8.42. The van der Waals surface area contributed by atoms with E-state index in [0.29, 0.717) is 46.8 Å². The van der Waals surface area contributed by atoms with Gasteiger partial charge in [0.15, 0.2) is 0 Å². The van der Waals surface area contributed by atoms with Crippen LogP contribution in [0, 0.1) is 0 Å². The molecule has 1 rings (SSSR count). The molecule has 1 aliphatic heterocycles. The van der Waals surface area contributed by atoms with Crippen LogP contribution in [0.4, 0.5) is 0 Å². The van der Waals surface area contributed by atoms with E-state index in [9.17, 15) is 0 Å². The zero-order valence-electron chi connectivity index (χ0n) is 8.18. The smallest absolute Gasteiger partial charge is 0.150 e. The molecule has 0 amide bonds. The van der Waals surface area contributed by atoms with Crippen molar-refractivity contribution in [3.8, 4) is 0 Å². The largest absolute Gasteiger partial charge is 0.394 e. The van der Waals surface area contributed by atoms with Crippen LogP contribution in [0.3, 0.4) is 0 Å². The molecule has 0 saturated carbocycles. The third-order valence-corrected chi connectivity index (χ3v) is 1.60. The normalized spacial score (nSPS) is 18.6. The molecule has 0 spiro atoms. The third kappa shape index (κ3) is 5.48. The van der Waals surface area contributed by atoms with E-state index in [1.165, 1.54) is 0 Å². The molecule has 0 radical (unpaired) electrons. The van der Waals surface area contributed by atoms with Gasteiger partial charge < -0.3 is 24.1 Å². The summed E-state index contributed by atoms with van der Waals surface area (Å²) >= 11 is 0. The maximum atomic E-state index is 8.42. The van der Waals surface area contributed by atoms with Crippen LogP contribution in [0.15, 0.2) is 0 Å². The van der Waals surface area contributed by atoms with E-state index in [4.69, 9.17) is 24.1 Å². The van der Waals surface area contributed by atoms with Gasteiger partial charge in [-0.3, -0.25) is 0 Å².